The van der Waals surface area contributed by atoms with Gasteiger partial charge in [-0.25, -0.2) is 18.5 Å². The Labute approximate surface area is 781 Å². The number of aliphatic hydroxyl groups is 33. The Balaban J connectivity index is 1.06. The molecule has 0 amide bonds. The molecule has 0 bridgehead atoms. The minimum absolute atomic E-state index is 0.589. The first-order chi connectivity index (χ1) is 65.4. The summed E-state index contributed by atoms with van der Waals surface area (Å²) in [4.78, 5) is 45.5. The maximum Gasteiger partial charge on any atom is 0.481 e. The Morgan fingerprint density at radius 1 is 0.317 bits per heavy atom. The molecule has 41 N–H and O–H groups in total. The van der Waals surface area contributed by atoms with Crippen LogP contribution in [0, 0.1) is 0 Å². The number of hydrogen-bond acceptors (Lipinski definition) is 63. The average molecular weight is 2110 g/mol. The van der Waals surface area contributed by atoms with Gasteiger partial charge in [-0.3, -0.25) is 18.1 Å². The van der Waals surface area contributed by atoms with Crippen LogP contribution in [-0.2, 0) is 131 Å². The number of nitrogens with two attached hydrogens (primary N) is 2. The minimum Gasteiger partial charge on any atom is -0.477 e. The highest BCUT2D eigenvalue weighted by atomic mass is 31.3. The number of aliphatic carboxylic acids is 1. The molecule has 0 aromatic heterocycles. The molecule has 0 radical (unpaired) electrons. The fourth-order valence-electron chi connectivity index (χ4n) is 16.6. The first-order valence-electron chi connectivity index (χ1n) is 42.6. The number of carboxylic acid groups (broad SMARTS) is 1. The molecule has 0 aromatic carbocycles. The van der Waals surface area contributed by atoms with Crippen LogP contribution in [0.15, 0.2) is 0 Å². The van der Waals surface area contributed by atoms with E-state index in [0.29, 0.717) is 0 Å². The van der Waals surface area contributed by atoms with E-state index < -0.39 is 453 Å². The van der Waals surface area contributed by atoms with Crippen molar-refractivity contribution in [3.05, 3.63) is 0 Å². The van der Waals surface area contributed by atoms with Crippen LogP contribution in [0.25, 0.3) is 0 Å². The third kappa shape index (κ3) is 27.0. The third-order valence-electron chi connectivity index (χ3n) is 23.9. The second-order valence-electron chi connectivity index (χ2n) is 33.3. The van der Waals surface area contributed by atoms with Crippen LogP contribution in [0.3, 0.4) is 0 Å². The van der Waals surface area contributed by atoms with E-state index in [0.717, 1.165) is 0 Å². The zero-order valence-corrected chi connectivity index (χ0v) is 74.8. The predicted octanol–water partition coefficient (Wildman–Crippen LogP) is -24.6. The van der Waals surface area contributed by atoms with Crippen LogP contribution >= 0.6 is 23.5 Å². The van der Waals surface area contributed by atoms with Gasteiger partial charge in [0.15, 0.2) is 56.6 Å². The van der Waals surface area contributed by atoms with Gasteiger partial charge in [0.05, 0.1) is 79.3 Å². The van der Waals surface area contributed by atoms with Gasteiger partial charge >= 0.3 is 29.4 Å². The van der Waals surface area contributed by atoms with Gasteiger partial charge in [-0.1, -0.05) is 0 Å². The van der Waals surface area contributed by atoms with E-state index in [9.17, 15) is 207 Å². The monoisotopic (exact) mass is 2110 g/mol. The smallest absolute Gasteiger partial charge is 0.477 e. The normalized spacial score (nSPS) is 47.6. The van der Waals surface area contributed by atoms with Crippen molar-refractivity contribution in [3.63, 3.8) is 0 Å². The third-order valence-corrected chi connectivity index (χ3v) is 27.6. The lowest BCUT2D eigenvalue weighted by Gasteiger charge is -2.53. The van der Waals surface area contributed by atoms with Gasteiger partial charge < -0.3 is 290 Å². The lowest BCUT2D eigenvalue weighted by molar-refractivity contribution is -0.425. The molecule has 0 saturated carbocycles. The number of carbonyl (C=O) groups is 1. The van der Waals surface area contributed by atoms with Crippen molar-refractivity contribution in [1.82, 2.24) is 0 Å². The van der Waals surface area contributed by atoms with Gasteiger partial charge in [-0.2, -0.15) is 4.31 Å². The Bertz CT molecular complexity index is 3880. The first kappa shape index (κ1) is 119. The van der Waals surface area contributed by atoms with Crippen molar-refractivity contribution in [2.45, 2.75) is 331 Å². The Morgan fingerprint density at radius 2 is 0.619 bits per heavy atom. The summed E-state index contributed by atoms with van der Waals surface area (Å²) in [6.07, 6.45) is -133. The molecule has 10 rings (SSSR count). The SMILES string of the molecule is NCCOP(=O)(O)O[C@@H](CO)[C@H]1O[C@H](O[C@@H]2[C@H](O)[C@@H](O[C@H]3[C@@H]([C@H](O)CO)O[C@@](O)(C(=O)O)C[C@H]3OP(=O)(O)OP(=O)(O)OCCN)O[C@H]([C@@H](O)CO)[C@H]2O[C@@H]2O[C@H](CO)[C@@H](O[C@@H]3O[C@H](CO)[C@@H](O)[C@H](O)[C@H]3O)[C@H](O)[C@H]2O)[C@@H](O[C@H]2O[C@H]([C@@H](O)CO)[C@@H](O)[C@H](O)[C@@H]2O)[C@@H](O[C@H]2O[C@H](CO)[C@@H](O[C@@H]3O[C@H](CO)[C@@H](O[C@@H]4O[C@H](CO)[C@H](O[C@H]5O[C@H](CO)[C@H](O)[C@H](O)[C@H]5O)[C@H](O)[C@H]4O)[C@H](O)[C@H]3O)[C@H](O)[C@H]2O)[C@@H]1O. The number of carboxylic acids is 1. The molecule has 10 aliphatic rings. The molecule has 0 spiro atoms. The largest absolute Gasteiger partial charge is 0.481 e. The molecule has 10 saturated heterocycles. The number of ether oxygens (including phenoxy) is 19. The summed E-state index contributed by atoms with van der Waals surface area (Å²) in [5.41, 5.74) is 10.8. The molecule has 139 heavy (non-hydrogen) atoms. The molecule has 56 atom stereocenters. The van der Waals surface area contributed by atoms with Crippen molar-refractivity contribution in [2.24, 2.45) is 11.5 Å². The van der Waals surface area contributed by atoms with Gasteiger partial charge in [0.25, 0.3) is 5.79 Å². The van der Waals surface area contributed by atoms with E-state index in [1.807, 2.05) is 0 Å². The fraction of sp³-hybridized carbons (Fsp3) is 0.986. The van der Waals surface area contributed by atoms with Crippen molar-refractivity contribution in [3.8, 4) is 0 Å². The molecule has 10 aliphatic heterocycles. The van der Waals surface area contributed by atoms with Crippen molar-refractivity contribution in [2.75, 3.05) is 92.4 Å². The summed E-state index contributed by atoms with van der Waals surface area (Å²) in [6.45, 7) is -16.9. The zero-order chi connectivity index (χ0) is 103. The lowest BCUT2D eigenvalue weighted by Crippen LogP contribution is -2.71. The van der Waals surface area contributed by atoms with Crippen molar-refractivity contribution >= 4 is 29.4 Å². The molecule has 3 unspecified atom stereocenters. The molecule has 814 valence electrons. The summed E-state index contributed by atoms with van der Waals surface area (Å²) >= 11 is 0. The standard InChI is InChI=1S/C69H123N2O65P3/c70-1-3-113-137(107,108)135-26(15-81)53-44(102)55(129-63-42(100)35(93)52(24(13-79)119-63)126-62-41(99)34(92)51(23(12-78)118-62)125-61-40(98)33(91)49(22(11-77)117-61)123-59-37(95)29(87)27(85)20(9-75)115-59)58(132-65-39(97)31(89)32(90)46(121-65)16(82)6-72)67(127-53)130-56-45(103)66(128-54-19(134-139(111,112)136-138(109,110)114-4-2-71)5-69(106,68(104)105)133-48(54)18(84)8-74)122-47(17(83)7-73)57(56)131-64-43(101)36(94)50(25(14-80)120-64)124-60-38(96)30(88)28(86)21(10-76)116-60/h16-67,72-103,106H,1-15,70-71H2,(H,104,105)(H,107,108)(H,109,110)(H,111,112)/t16-,17-,18+,19+,20+,21+,22+,23+,24+,25+,26-,27-,28+,29-,30-,31-,32-,33+,34+,35+,36+,37+,38+,39-,40+,41+,42+,43+,44+,45-,46+,47+,48+,49-,50+,51+,52+,53+,54+,55-,56+,57+,58-,59+,60-,61-,62-,63+,64-,65+,66+,67+,69+/m0/s1. The van der Waals surface area contributed by atoms with Gasteiger partial charge in [-0.15, -0.1) is 0 Å². The second kappa shape index (κ2) is 51.0. The van der Waals surface area contributed by atoms with Crippen LogP contribution in [0.2, 0.25) is 0 Å². The van der Waals surface area contributed by atoms with E-state index in [2.05, 4.69) is 8.83 Å². The van der Waals surface area contributed by atoms with Crippen LogP contribution < -0.4 is 11.5 Å². The number of phosphoric ester groups is 3. The molecule has 70 heteroatoms. The fourth-order valence-corrected chi connectivity index (χ4v) is 19.8. The van der Waals surface area contributed by atoms with Gasteiger partial charge in [0, 0.05) is 19.5 Å². The summed E-state index contributed by atoms with van der Waals surface area (Å²) in [5, 5.41) is 381. The Kier molecular flexibility index (Phi) is 43.5. The second-order valence-corrected chi connectivity index (χ2v) is 37.7. The topological polar surface area (TPSA) is 1090 Å². The maximum absolute atomic E-state index is 13.9. The molecule has 10 heterocycles. The van der Waals surface area contributed by atoms with Crippen molar-refractivity contribution in [1.29, 1.82) is 0 Å². The molecule has 10 fully saturated rings. The highest BCUT2D eigenvalue weighted by Crippen LogP contribution is 2.62. The molecule has 67 nitrogen and oxygen atoms in total. The summed E-state index contributed by atoms with van der Waals surface area (Å²) < 4.78 is 176. The predicted molar refractivity (Wildman–Crippen MR) is 417 cm³/mol. The van der Waals surface area contributed by atoms with Gasteiger partial charge in [0.1, 0.15) is 262 Å². The number of aliphatic hydroxyl groups excluding tert-OH is 32. The number of rotatable bonds is 45. The van der Waals surface area contributed by atoms with E-state index in [1.165, 1.54) is 0 Å². The van der Waals surface area contributed by atoms with E-state index in [-0.39, 0.29) is 0 Å². The first-order valence-corrected chi connectivity index (χ1v) is 47.1. The average Bonchev–Trinajstić information content (AvgIpc) is 0.743. The molecule has 0 aliphatic carbocycles. The Morgan fingerprint density at radius 3 is 1.00 bits per heavy atom. The zero-order valence-electron chi connectivity index (χ0n) is 72.1. The van der Waals surface area contributed by atoms with E-state index in [4.69, 9.17) is 115 Å². The quantitative estimate of drug-likeness (QED) is 0.0252. The highest BCUT2D eigenvalue weighted by molar-refractivity contribution is 7.61. The summed E-state index contributed by atoms with van der Waals surface area (Å²) in [5.74, 6) is -6.31. The van der Waals surface area contributed by atoms with E-state index in [1.54, 1.807) is 0 Å². The highest BCUT2D eigenvalue weighted by Gasteiger charge is 2.66. The van der Waals surface area contributed by atoms with Gasteiger partial charge in [-0.05, 0) is 0 Å². The molecular weight excluding hydrogens is 1990 g/mol. The minimum atomic E-state index is -6.46. The van der Waals surface area contributed by atoms with Crippen LogP contribution in [0.5, 0.6) is 0 Å². The lowest BCUT2D eigenvalue weighted by atomic mass is 9.91. The van der Waals surface area contributed by atoms with Crippen LogP contribution in [-0.4, -0.2) is 612 Å². The summed E-state index contributed by atoms with van der Waals surface area (Å²) in [7, 11) is -18.1. The van der Waals surface area contributed by atoms with Crippen LogP contribution in [0.1, 0.15) is 6.42 Å². The van der Waals surface area contributed by atoms with E-state index >= 15 is 0 Å². The Hall–Kier alpha value is -2.32. The van der Waals surface area contributed by atoms with Crippen molar-refractivity contribution < 1.29 is 319 Å². The van der Waals surface area contributed by atoms with Gasteiger partial charge in [0.2, 0.25) is 0 Å². The number of phosphoric acid groups is 3. The summed E-state index contributed by atoms with van der Waals surface area (Å²) in [6, 6.07) is 0. The molecular formula is C69H123N2O65P3. The number of hydrogen-bond donors (Lipinski definition) is 39. The maximum atomic E-state index is 13.9. The van der Waals surface area contributed by atoms with Crippen LogP contribution in [0.4, 0.5) is 0 Å². The molecule has 0 aromatic rings.